The van der Waals surface area contributed by atoms with Gasteiger partial charge in [-0.2, -0.15) is 0 Å². The fourth-order valence-corrected chi connectivity index (χ4v) is 1.77. The minimum absolute atomic E-state index is 0.576. The summed E-state index contributed by atoms with van der Waals surface area (Å²) in [6, 6.07) is 0. The lowest BCUT2D eigenvalue weighted by Gasteiger charge is -2.41. The first-order chi connectivity index (χ1) is 6.31. The Balaban J connectivity index is 2.04. The van der Waals surface area contributed by atoms with Gasteiger partial charge in [-0.25, -0.2) is 0 Å². The molecule has 0 atom stereocenters. The molecule has 4 heteroatoms. The molecule has 0 aromatic rings. The molecule has 0 aromatic carbocycles. The van der Waals surface area contributed by atoms with Crippen molar-refractivity contribution in [1.29, 1.82) is 0 Å². The van der Waals surface area contributed by atoms with Crippen molar-refractivity contribution in [3.8, 4) is 0 Å². The third kappa shape index (κ3) is 1.73. The fraction of sp³-hybridized carbons (Fsp3) is 0.667. The van der Waals surface area contributed by atoms with Crippen molar-refractivity contribution >= 4 is 6.21 Å². The van der Waals surface area contributed by atoms with Crippen LogP contribution in [0.1, 0.15) is 12.8 Å². The van der Waals surface area contributed by atoms with Gasteiger partial charge in [-0.15, -0.1) is 0 Å². The molecule has 2 rings (SSSR count). The summed E-state index contributed by atoms with van der Waals surface area (Å²) in [4.78, 5) is 6.02. The molecule has 2 aliphatic heterocycles. The lowest BCUT2D eigenvalue weighted by Crippen LogP contribution is -2.52. The average Bonchev–Trinajstić information content (AvgIpc) is 2.20. The van der Waals surface area contributed by atoms with Gasteiger partial charge in [0.15, 0.2) is 0 Å². The molecular formula is C9H15N3O. The van der Waals surface area contributed by atoms with E-state index >= 15 is 0 Å². The predicted octanol–water partition coefficient (Wildman–Crippen LogP) is -0.0840. The van der Waals surface area contributed by atoms with Gasteiger partial charge in [0, 0.05) is 25.3 Å². The molecule has 4 nitrogen and oxygen atoms in total. The molecule has 0 aromatic heterocycles. The predicted molar refractivity (Wildman–Crippen MR) is 51.4 cm³/mol. The maximum atomic E-state index is 10.3. The van der Waals surface area contributed by atoms with Crippen LogP contribution in [0.2, 0.25) is 0 Å². The Morgan fingerprint density at radius 3 is 2.77 bits per heavy atom. The van der Waals surface area contributed by atoms with E-state index in [2.05, 4.69) is 10.3 Å². The molecule has 1 saturated heterocycles. The number of aliphatic imine (C=N–C) groups is 1. The molecule has 0 unspecified atom stereocenters. The second-order valence-electron chi connectivity index (χ2n) is 3.52. The van der Waals surface area contributed by atoms with Crippen molar-refractivity contribution in [2.45, 2.75) is 18.6 Å². The van der Waals surface area contributed by atoms with E-state index in [9.17, 15) is 5.11 Å². The van der Waals surface area contributed by atoms with Crippen molar-refractivity contribution in [1.82, 2.24) is 10.2 Å². The van der Waals surface area contributed by atoms with Crippen LogP contribution >= 0.6 is 0 Å². The summed E-state index contributed by atoms with van der Waals surface area (Å²) in [6.07, 6.45) is 7.09. The quantitative estimate of drug-likeness (QED) is 0.594. The molecule has 2 N–H and O–H groups in total. The highest BCUT2D eigenvalue weighted by Crippen LogP contribution is 2.23. The van der Waals surface area contributed by atoms with Gasteiger partial charge in [0.25, 0.3) is 0 Å². The van der Waals surface area contributed by atoms with Crippen molar-refractivity contribution < 1.29 is 5.11 Å². The van der Waals surface area contributed by atoms with Gasteiger partial charge in [-0.05, 0) is 19.2 Å². The van der Waals surface area contributed by atoms with Crippen molar-refractivity contribution in [3.05, 3.63) is 12.3 Å². The number of nitrogens with zero attached hydrogens (tertiary/aromatic N) is 2. The molecule has 2 heterocycles. The summed E-state index contributed by atoms with van der Waals surface area (Å²) >= 11 is 0. The third-order valence-corrected chi connectivity index (χ3v) is 2.63. The minimum Gasteiger partial charge on any atom is -0.371 e. The summed E-state index contributed by atoms with van der Waals surface area (Å²) in [7, 11) is 0. The number of aliphatic hydroxyl groups is 1. The van der Waals surface area contributed by atoms with Crippen molar-refractivity contribution in [2.75, 3.05) is 19.8 Å². The highest BCUT2D eigenvalue weighted by molar-refractivity contribution is 5.71. The van der Waals surface area contributed by atoms with Gasteiger partial charge in [-0.1, -0.05) is 0 Å². The zero-order chi connectivity index (χ0) is 9.15. The topological polar surface area (TPSA) is 47.9 Å². The zero-order valence-corrected chi connectivity index (χ0v) is 7.61. The van der Waals surface area contributed by atoms with E-state index in [0.29, 0.717) is 6.67 Å². The monoisotopic (exact) mass is 181 g/mol. The van der Waals surface area contributed by atoms with Crippen LogP contribution in [-0.4, -0.2) is 41.7 Å². The first-order valence-corrected chi connectivity index (χ1v) is 4.68. The zero-order valence-electron chi connectivity index (χ0n) is 7.61. The molecule has 0 radical (unpaired) electrons. The lowest BCUT2D eigenvalue weighted by molar-refractivity contribution is -0.102. The maximum Gasteiger partial charge on any atom is 0.141 e. The maximum absolute atomic E-state index is 10.3. The SMILES string of the molecule is OC1(N2C=CC=NC2)CCNCC1. The highest BCUT2D eigenvalue weighted by Gasteiger charge is 2.33. The van der Waals surface area contributed by atoms with Crippen LogP contribution in [0.15, 0.2) is 17.3 Å². The number of rotatable bonds is 1. The minimum atomic E-state index is -0.681. The van der Waals surface area contributed by atoms with Crippen LogP contribution in [0.3, 0.4) is 0 Å². The summed E-state index contributed by atoms with van der Waals surface area (Å²) in [5, 5.41) is 13.5. The van der Waals surface area contributed by atoms with E-state index in [4.69, 9.17) is 0 Å². The molecule has 0 spiro atoms. The van der Waals surface area contributed by atoms with Crippen LogP contribution in [0.25, 0.3) is 0 Å². The standard InChI is InChI=1S/C9H15N3O/c13-9(2-5-10-6-3-9)12-7-1-4-11-8-12/h1,4,7,10,13H,2-3,5-6,8H2. The Morgan fingerprint density at radius 2 is 2.15 bits per heavy atom. The van der Waals surface area contributed by atoms with Gasteiger partial charge in [0.1, 0.15) is 12.4 Å². The van der Waals surface area contributed by atoms with E-state index in [1.54, 1.807) is 6.21 Å². The van der Waals surface area contributed by atoms with E-state index in [1.807, 2.05) is 17.2 Å². The third-order valence-electron chi connectivity index (χ3n) is 2.63. The summed E-state index contributed by atoms with van der Waals surface area (Å²) < 4.78 is 0. The van der Waals surface area contributed by atoms with Crippen LogP contribution < -0.4 is 5.32 Å². The number of hydrogen-bond acceptors (Lipinski definition) is 4. The fourth-order valence-electron chi connectivity index (χ4n) is 1.77. The van der Waals surface area contributed by atoms with Gasteiger partial charge in [-0.3, -0.25) is 4.99 Å². The second kappa shape index (κ2) is 3.47. The molecule has 0 saturated carbocycles. The molecule has 0 bridgehead atoms. The molecule has 1 fully saturated rings. The van der Waals surface area contributed by atoms with Crippen LogP contribution in [0.4, 0.5) is 0 Å². The number of allylic oxidation sites excluding steroid dienone is 1. The first-order valence-electron chi connectivity index (χ1n) is 4.68. The molecular weight excluding hydrogens is 166 g/mol. The Hall–Kier alpha value is -0.870. The van der Waals surface area contributed by atoms with E-state index in [0.717, 1.165) is 25.9 Å². The Kier molecular flexibility index (Phi) is 2.33. The highest BCUT2D eigenvalue weighted by atomic mass is 16.3. The molecule has 2 aliphatic rings. The van der Waals surface area contributed by atoms with E-state index in [1.165, 1.54) is 0 Å². The number of piperidine rings is 1. The van der Waals surface area contributed by atoms with Crippen LogP contribution in [0, 0.1) is 0 Å². The summed E-state index contributed by atoms with van der Waals surface area (Å²) in [6.45, 7) is 2.34. The van der Waals surface area contributed by atoms with Gasteiger partial charge < -0.3 is 15.3 Å². The smallest absolute Gasteiger partial charge is 0.141 e. The van der Waals surface area contributed by atoms with E-state index < -0.39 is 5.72 Å². The average molecular weight is 181 g/mol. The molecule has 13 heavy (non-hydrogen) atoms. The van der Waals surface area contributed by atoms with Crippen LogP contribution in [-0.2, 0) is 0 Å². The number of nitrogens with one attached hydrogen (secondary N) is 1. The van der Waals surface area contributed by atoms with Crippen molar-refractivity contribution in [3.63, 3.8) is 0 Å². The summed E-state index contributed by atoms with van der Waals surface area (Å²) in [5.41, 5.74) is -0.681. The molecule has 0 amide bonds. The lowest BCUT2D eigenvalue weighted by atomic mass is 10.0. The molecule has 72 valence electrons. The number of hydrogen-bond donors (Lipinski definition) is 2. The Morgan fingerprint density at radius 1 is 1.38 bits per heavy atom. The normalized spacial score (nSPS) is 26.4. The van der Waals surface area contributed by atoms with E-state index in [-0.39, 0.29) is 0 Å². The summed E-state index contributed by atoms with van der Waals surface area (Å²) in [5.74, 6) is 0. The molecule has 0 aliphatic carbocycles. The van der Waals surface area contributed by atoms with Gasteiger partial charge >= 0.3 is 0 Å². The largest absolute Gasteiger partial charge is 0.371 e. The first kappa shape index (κ1) is 8.72. The Bertz CT molecular complexity index is 231. The second-order valence-corrected chi connectivity index (χ2v) is 3.52. The van der Waals surface area contributed by atoms with Crippen molar-refractivity contribution in [2.24, 2.45) is 4.99 Å². The van der Waals surface area contributed by atoms with Crippen LogP contribution in [0.5, 0.6) is 0 Å². The van der Waals surface area contributed by atoms with Gasteiger partial charge in [0.05, 0.1) is 0 Å². The Labute approximate surface area is 78.0 Å². The van der Waals surface area contributed by atoms with Gasteiger partial charge in [0.2, 0.25) is 0 Å².